The molecular weight excluding hydrogens is 226 g/mol. The van der Waals surface area contributed by atoms with Crippen LogP contribution in [0.25, 0.3) is 0 Å². The summed E-state index contributed by atoms with van der Waals surface area (Å²) in [7, 11) is 0. The van der Waals surface area contributed by atoms with Gasteiger partial charge in [-0.15, -0.1) is 0 Å². The fourth-order valence-corrected chi connectivity index (χ4v) is 1.78. The van der Waals surface area contributed by atoms with Crippen LogP contribution < -0.4 is 0 Å². The van der Waals surface area contributed by atoms with Gasteiger partial charge < -0.3 is 9.47 Å². The van der Waals surface area contributed by atoms with E-state index in [0.29, 0.717) is 12.8 Å². The number of hydrogen-bond donors (Lipinski definition) is 0. The highest BCUT2D eigenvalue weighted by molar-refractivity contribution is 5.97. The van der Waals surface area contributed by atoms with Crippen LogP contribution >= 0.6 is 0 Å². The van der Waals surface area contributed by atoms with Crippen molar-refractivity contribution in [1.29, 1.82) is 0 Å². The first-order valence-electron chi connectivity index (χ1n) is 5.73. The van der Waals surface area contributed by atoms with Gasteiger partial charge in [0, 0.05) is 0 Å². The van der Waals surface area contributed by atoms with E-state index in [9.17, 15) is 14.4 Å². The van der Waals surface area contributed by atoms with Crippen molar-refractivity contribution in [2.24, 2.45) is 0 Å². The van der Waals surface area contributed by atoms with Crippen molar-refractivity contribution in [2.45, 2.75) is 45.7 Å². The Morgan fingerprint density at radius 2 is 2.12 bits per heavy atom. The van der Waals surface area contributed by atoms with Crippen molar-refractivity contribution in [3.63, 3.8) is 0 Å². The molecule has 1 amide bonds. The molecule has 0 N–H and O–H groups in total. The Balaban J connectivity index is 2.86. The van der Waals surface area contributed by atoms with Crippen molar-refractivity contribution in [3.8, 4) is 0 Å². The van der Waals surface area contributed by atoms with Gasteiger partial charge in [-0.25, -0.2) is 14.4 Å². The zero-order chi connectivity index (χ0) is 13.0. The Morgan fingerprint density at radius 1 is 1.47 bits per heavy atom. The summed E-state index contributed by atoms with van der Waals surface area (Å²) in [5.41, 5.74) is 0. The minimum absolute atomic E-state index is 0.240. The van der Waals surface area contributed by atoms with E-state index in [1.807, 2.05) is 6.92 Å². The highest BCUT2D eigenvalue weighted by Gasteiger charge is 2.44. The summed E-state index contributed by atoms with van der Waals surface area (Å²) in [6.45, 7) is 5.36. The number of esters is 2. The molecule has 6 heteroatoms. The highest BCUT2D eigenvalue weighted by atomic mass is 16.6. The first-order chi connectivity index (χ1) is 8.02. The molecule has 1 aliphatic heterocycles. The van der Waals surface area contributed by atoms with E-state index in [2.05, 4.69) is 4.74 Å². The van der Waals surface area contributed by atoms with Crippen LogP contribution in [0, 0.1) is 0 Å². The van der Waals surface area contributed by atoms with Crippen LogP contribution in [0.5, 0.6) is 0 Å². The maximum atomic E-state index is 11.7. The maximum Gasteiger partial charge on any atom is 0.419 e. The lowest BCUT2D eigenvalue weighted by Crippen LogP contribution is -2.46. The predicted molar refractivity (Wildman–Crippen MR) is 58.1 cm³/mol. The molecule has 2 unspecified atom stereocenters. The second-order valence-electron chi connectivity index (χ2n) is 3.83. The van der Waals surface area contributed by atoms with Gasteiger partial charge in [0.2, 0.25) is 0 Å². The van der Waals surface area contributed by atoms with Gasteiger partial charge in [-0.2, -0.15) is 0 Å². The molecule has 0 bridgehead atoms. The molecule has 1 aliphatic rings. The first-order valence-corrected chi connectivity index (χ1v) is 5.73. The third kappa shape index (κ3) is 2.75. The second kappa shape index (κ2) is 5.65. The average Bonchev–Trinajstić information content (AvgIpc) is 2.51. The lowest BCUT2D eigenvalue weighted by Gasteiger charge is -2.25. The van der Waals surface area contributed by atoms with E-state index in [0.717, 1.165) is 4.90 Å². The van der Waals surface area contributed by atoms with Crippen molar-refractivity contribution in [1.82, 2.24) is 4.90 Å². The van der Waals surface area contributed by atoms with Crippen LogP contribution in [-0.2, 0) is 19.1 Å². The number of carbonyl (C=O) groups is 3. The predicted octanol–water partition coefficient (Wildman–Crippen LogP) is 1.09. The first kappa shape index (κ1) is 13.5. The highest BCUT2D eigenvalue weighted by Crippen LogP contribution is 2.21. The number of cyclic esters (lactones) is 2. The number of carbonyl (C=O) groups excluding carboxylic acids is 3. The van der Waals surface area contributed by atoms with Gasteiger partial charge in [-0.05, 0) is 20.3 Å². The Labute approximate surface area is 99.9 Å². The fraction of sp³-hybridized carbons (Fsp3) is 0.727. The minimum atomic E-state index is -0.769. The molecule has 1 heterocycles. The lowest BCUT2D eigenvalue weighted by atomic mass is 10.1. The SMILES string of the molecule is CCCC(C(=O)OCC)N1C(=O)OC(=O)C1C. The number of ether oxygens (including phenoxy) is 2. The third-order valence-electron chi connectivity index (χ3n) is 2.61. The summed E-state index contributed by atoms with van der Waals surface area (Å²) < 4.78 is 9.38. The van der Waals surface area contributed by atoms with E-state index in [4.69, 9.17) is 4.74 Å². The fourth-order valence-electron chi connectivity index (χ4n) is 1.78. The van der Waals surface area contributed by atoms with E-state index >= 15 is 0 Å². The van der Waals surface area contributed by atoms with Crippen LogP contribution in [0.3, 0.4) is 0 Å². The Kier molecular flexibility index (Phi) is 4.48. The summed E-state index contributed by atoms with van der Waals surface area (Å²) in [4.78, 5) is 35.6. The number of amides is 1. The second-order valence-corrected chi connectivity index (χ2v) is 3.83. The molecule has 0 radical (unpaired) electrons. The van der Waals surface area contributed by atoms with Crippen LogP contribution in [0.2, 0.25) is 0 Å². The summed E-state index contributed by atoms with van der Waals surface area (Å²) >= 11 is 0. The van der Waals surface area contributed by atoms with E-state index in [-0.39, 0.29) is 6.61 Å². The van der Waals surface area contributed by atoms with Gasteiger partial charge >= 0.3 is 18.0 Å². The van der Waals surface area contributed by atoms with Crippen LogP contribution in [0.4, 0.5) is 4.79 Å². The molecule has 0 aliphatic carbocycles. The largest absolute Gasteiger partial charge is 0.464 e. The van der Waals surface area contributed by atoms with Crippen molar-refractivity contribution < 1.29 is 23.9 Å². The summed E-state index contributed by atoms with van der Waals surface area (Å²) in [6, 6.07) is -1.47. The molecule has 0 aromatic heterocycles. The smallest absolute Gasteiger partial charge is 0.419 e. The monoisotopic (exact) mass is 243 g/mol. The van der Waals surface area contributed by atoms with Gasteiger partial charge in [0.15, 0.2) is 0 Å². The average molecular weight is 243 g/mol. The number of rotatable bonds is 5. The van der Waals surface area contributed by atoms with Gasteiger partial charge in [0.05, 0.1) is 6.61 Å². The molecule has 1 rings (SSSR count). The molecule has 1 saturated heterocycles. The molecule has 0 saturated carbocycles. The molecule has 17 heavy (non-hydrogen) atoms. The minimum Gasteiger partial charge on any atom is -0.464 e. The zero-order valence-corrected chi connectivity index (χ0v) is 10.3. The van der Waals surface area contributed by atoms with E-state index in [1.165, 1.54) is 6.92 Å². The number of nitrogens with zero attached hydrogens (tertiary/aromatic N) is 1. The quantitative estimate of drug-likeness (QED) is 0.533. The summed E-state index contributed by atoms with van der Waals surface area (Å²) in [5.74, 6) is -1.12. The molecule has 6 nitrogen and oxygen atoms in total. The van der Waals surface area contributed by atoms with Crippen molar-refractivity contribution in [3.05, 3.63) is 0 Å². The van der Waals surface area contributed by atoms with Gasteiger partial charge in [-0.1, -0.05) is 13.3 Å². The van der Waals surface area contributed by atoms with Crippen LogP contribution in [-0.4, -0.2) is 41.6 Å². The van der Waals surface area contributed by atoms with E-state index in [1.54, 1.807) is 6.92 Å². The maximum absolute atomic E-state index is 11.7. The third-order valence-corrected chi connectivity index (χ3v) is 2.61. The molecule has 96 valence electrons. The van der Waals surface area contributed by atoms with Crippen LogP contribution in [0.15, 0.2) is 0 Å². The molecule has 0 aromatic rings. The molecule has 2 atom stereocenters. The topological polar surface area (TPSA) is 72.9 Å². The Morgan fingerprint density at radius 3 is 2.53 bits per heavy atom. The standard InChI is InChI=1S/C11H17NO5/c1-4-6-8(10(14)16-5-2)12-7(3)9(13)17-11(12)15/h7-8H,4-6H2,1-3H3. The summed E-state index contributed by atoms with van der Waals surface area (Å²) in [6.07, 6.45) is 0.383. The molecule has 0 spiro atoms. The lowest BCUT2D eigenvalue weighted by molar-refractivity contribution is -0.149. The Hall–Kier alpha value is -1.59. The number of hydrogen-bond acceptors (Lipinski definition) is 5. The normalized spacial score (nSPS) is 21.4. The van der Waals surface area contributed by atoms with Gasteiger partial charge in [-0.3, -0.25) is 4.90 Å². The Bertz CT molecular complexity index is 328. The van der Waals surface area contributed by atoms with Gasteiger partial charge in [0.1, 0.15) is 12.1 Å². The van der Waals surface area contributed by atoms with E-state index < -0.39 is 30.1 Å². The zero-order valence-electron chi connectivity index (χ0n) is 10.3. The van der Waals surface area contributed by atoms with Crippen LogP contribution in [0.1, 0.15) is 33.6 Å². The summed E-state index contributed by atoms with van der Waals surface area (Å²) in [5, 5.41) is 0. The molecule has 1 fully saturated rings. The molecule has 0 aromatic carbocycles. The van der Waals surface area contributed by atoms with Crippen molar-refractivity contribution in [2.75, 3.05) is 6.61 Å². The molecular formula is C11H17NO5. The van der Waals surface area contributed by atoms with Gasteiger partial charge in [0.25, 0.3) is 0 Å². The van der Waals surface area contributed by atoms with Crippen molar-refractivity contribution >= 4 is 18.0 Å².